The summed E-state index contributed by atoms with van der Waals surface area (Å²) in [6.07, 6.45) is -0.489. The Morgan fingerprint density at radius 1 is 1.12 bits per heavy atom. The smallest absolute Gasteiger partial charge is 0.410 e. The Kier molecular flexibility index (Phi) is 4.96. The SMILES string of the molecule is CC(C)(C)OC(=O)N1CCN(c2cccc(C3OCCO3)c2)CC1. The van der Waals surface area contributed by atoms with Gasteiger partial charge >= 0.3 is 6.09 Å². The molecule has 0 unspecified atom stereocenters. The Morgan fingerprint density at radius 2 is 1.79 bits per heavy atom. The van der Waals surface area contributed by atoms with Crippen LogP contribution in [0.2, 0.25) is 0 Å². The van der Waals surface area contributed by atoms with Crippen molar-refractivity contribution in [3.8, 4) is 0 Å². The third-order valence-corrected chi connectivity index (χ3v) is 4.06. The van der Waals surface area contributed by atoms with E-state index in [1.165, 1.54) is 0 Å². The van der Waals surface area contributed by atoms with E-state index >= 15 is 0 Å². The first-order valence-electron chi connectivity index (χ1n) is 8.48. The fourth-order valence-electron chi connectivity index (χ4n) is 2.89. The van der Waals surface area contributed by atoms with Gasteiger partial charge in [-0.1, -0.05) is 12.1 Å². The van der Waals surface area contributed by atoms with Gasteiger partial charge in [0.15, 0.2) is 6.29 Å². The Labute approximate surface area is 143 Å². The van der Waals surface area contributed by atoms with Gasteiger partial charge in [0.05, 0.1) is 13.2 Å². The molecule has 0 atom stereocenters. The van der Waals surface area contributed by atoms with E-state index in [0.717, 1.165) is 24.3 Å². The highest BCUT2D eigenvalue weighted by Gasteiger charge is 2.26. The lowest BCUT2D eigenvalue weighted by Gasteiger charge is -2.37. The van der Waals surface area contributed by atoms with Crippen molar-refractivity contribution in [2.24, 2.45) is 0 Å². The number of carbonyl (C=O) groups is 1. The normalized spacial score (nSPS) is 19.6. The van der Waals surface area contributed by atoms with E-state index in [0.29, 0.717) is 26.3 Å². The molecule has 1 aromatic rings. The van der Waals surface area contributed by atoms with Gasteiger partial charge in [-0.05, 0) is 32.9 Å². The number of anilines is 1. The summed E-state index contributed by atoms with van der Waals surface area (Å²) in [4.78, 5) is 16.2. The molecule has 0 bridgehead atoms. The molecule has 2 saturated heterocycles. The molecule has 3 rings (SSSR count). The highest BCUT2D eigenvalue weighted by Crippen LogP contribution is 2.27. The van der Waals surface area contributed by atoms with Crippen LogP contribution in [-0.2, 0) is 14.2 Å². The highest BCUT2D eigenvalue weighted by molar-refractivity contribution is 5.68. The number of hydrogen-bond donors (Lipinski definition) is 0. The molecular formula is C18H26N2O4. The van der Waals surface area contributed by atoms with Gasteiger partial charge in [0.25, 0.3) is 0 Å². The molecule has 0 saturated carbocycles. The molecule has 2 aliphatic rings. The van der Waals surface area contributed by atoms with Crippen LogP contribution in [0.4, 0.5) is 10.5 Å². The molecule has 0 aliphatic carbocycles. The van der Waals surface area contributed by atoms with Crippen LogP contribution >= 0.6 is 0 Å². The van der Waals surface area contributed by atoms with Crippen molar-refractivity contribution in [3.63, 3.8) is 0 Å². The first-order chi connectivity index (χ1) is 11.4. The predicted molar refractivity (Wildman–Crippen MR) is 91.1 cm³/mol. The largest absolute Gasteiger partial charge is 0.444 e. The quantitative estimate of drug-likeness (QED) is 0.832. The molecule has 0 aromatic heterocycles. The van der Waals surface area contributed by atoms with Crippen molar-refractivity contribution >= 4 is 11.8 Å². The summed E-state index contributed by atoms with van der Waals surface area (Å²) in [5.74, 6) is 0. The van der Waals surface area contributed by atoms with Gasteiger partial charge in [0.2, 0.25) is 0 Å². The number of rotatable bonds is 2. The molecule has 2 aliphatic heterocycles. The standard InChI is InChI=1S/C18H26N2O4/c1-18(2,3)24-17(21)20-9-7-19(8-10-20)15-6-4-5-14(13-15)16-22-11-12-23-16/h4-6,13,16H,7-12H2,1-3H3. The minimum Gasteiger partial charge on any atom is -0.444 e. The predicted octanol–water partition coefficient (Wildman–Crippen LogP) is 2.79. The average molecular weight is 334 g/mol. The number of carbonyl (C=O) groups excluding carboxylic acids is 1. The van der Waals surface area contributed by atoms with E-state index in [9.17, 15) is 4.79 Å². The molecule has 2 fully saturated rings. The molecule has 132 valence electrons. The fourth-order valence-corrected chi connectivity index (χ4v) is 2.89. The third-order valence-electron chi connectivity index (χ3n) is 4.06. The number of nitrogens with zero attached hydrogens (tertiary/aromatic N) is 2. The fraction of sp³-hybridized carbons (Fsp3) is 0.611. The molecule has 24 heavy (non-hydrogen) atoms. The summed E-state index contributed by atoms with van der Waals surface area (Å²) in [5.41, 5.74) is 1.72. The van der Waals surface area contributed by atoms with Gasteiger partial charge in [-0.25, -0.2) is 4.79 Å². The molecule has 0 spiro atoms. The van der Waals surface area contributed by atoms with Crippen molar-refractivity contribution in [2.45, 2.75) is 32.7 Å². The lowest BCUT2D eigenvalue weighted by molar-refractivity contribution is -0.0440. The van der Waals surface area contributed by atoms with Crippen LogP contribution in [-0.4, -0.2) is 56.0 Å². The van der Waals surface area contributed by atoms with Crippen molar-refractivity contribution in [3.05, 3.63) is 29.8 Å². The Bertz CT molecular complexity index is 571. The lowest BCUT2D eigenvalue weighted by Crippen LogP contribution is -2.50. The van der Waals surface area contributed by atoms with Crippen LogP contribution in [0.25, 0.3) is 0 Å². The van der Waals surface area contributed by atoms with Crippen LogP contribution in [0.5, 0.6) is 0 Å². The van der Waals surface area contributed by atoms with Crippen molar-refractivity contribution in [1.82, 2.24) is 4.90 Å². The van der Waals surface area contributed by atoms with E-state index in [4.69, 9.17) is 14.2 Å². The topological polar surface area (TPSA) is 51.2 Å². The van der Waals surface area contributed by atoms with Crippen LogP contribution in [0, 0.1) is 0 Å². The van der Waals surface area contributed by atoms with E-state index < -0.39 is 5.60 Å². The minimum atomic E-state index is -0.455. The minimum absolute atomic E-state index is 0.233. The molecule has 6 nitrogen and oxygen atoms in total. The zero-order valence-corrected chi connectivity index (χ0v) is 14.7. The zero-order valence-electron chi connectivity index (χ0n) is 14.7. The van der Waals surface area contributed by atoms with Gasteiger partial charge in [-0.3, -0.25) is 0 Å². The van der Waals surface area contributed by atoms with Crippen LogP contribution < -0.4 is 4.90 Å². The summed E-state index contributed by atoms with van der Waals surface area (Å²) in [7, 11) is 0. The molecular weight excluding hydrogens is 308 g/mol. The summed E-state index contributed by atoms with van der Waals surface area (Å²) in [6, 6.07) is 8.24. The van der Waals surface area contributed by atoms with Gasteiger partial charge in [-0.2, -0.15) is 0 Å². The van der Waals surface area contributed by atoms with E-state index in [1.54, 1.807) is 4.90 Å². The van der Waals surface area contributed by atoms with E-state index in [-0.39, 0.29) is 12.4 Å². The maximum absolute atomic E-state index is 12.1. The van der Waals surface area contributed by atoms with Crippen molar-refractivity contribution in [2.75, 3.05) is 44.3 Å². The maximum Gasteiger partial charge on any atom is 0.410 e. The summed E-state index contributed by atoms with van der Waals surface area (Å²) in [6.45, 7) is 9.85. The van der Waals surface area contributed by atoms with Crippen LogP contribution in [0.15, 0.2) is 24.3 Å². The number of benzene rings is 1. The summed E-state index contributed by atoms with van der Waals surface area (Å²) in [5, 5.41) is 0. The van der Waals surface area contributed by atoms with E-state index in [2.05, 4.69) is 17.0 Å². The summed E-state index contributed by atoms with van der Waals surface area (Å²) < 4.78 is 16.6. The molecule has 0 radical (unpaired) electrons. The Balaban J connectivity index is 1.58. The number of piperazine rings is 1. The molecule has 1 amide bonds. The van der Waals surface area contributed by atoms with Crippen LogP contribution in [0.3, 0.4) is 0 Å². The number of ether oxygens (including phenoxy) is 3. The summed E-state index contributed by atoms with van der Waals surface area (Å²) >= 11 is 0. The molecule has 1 aromatic carbocycles. The lowest BCUT2D eigenvalue weighted by atomic mass is 10.1. The number of amides is 1. The van der Waals surface area contributed by atoms with Crippen LogP contribution in [0.1, 0.15) is 32.6 Å². The maximum atomic E-state index is 12.1. The zero-order chi connectivity index (χ0) is 17.2. The highest BCUT2D eigenvalue weighted by atomic mass is 16.7. The van der Waals surface area contributed by atoms with Crippen molar-refractivity contribution < 1.29 is 19.0 Å². The van der Waals surface area contributed by atoms with E-state index in [1.807, 2.05) is 32.9 Å². The number of hydrogen-bond acceptors (Lipinski definition) is 5. The van der Waals surface area contributed by atoms with Gasteiger partial charge in [0.1, 0.15) is 5.60 Å². The first kappa shape index (κ1) is 17.0. The van der Waals surface area contributed by atoms with Gasteiger partial charge < -0.3 is 24.0 Å². The average Bonchev–Trinajstić information content (AvgIpc) is 3.08. The molecule has 2 heterocycles. The Hall–Kier alpha value is -1.79. The van der Waals surface area contributed by atoms with Crippen molar-refractivity contribution in [1.29, 1.82) is 0 Å². The Morgan fingerprint density at radius 3 is 2.42 bits per heavy atom. The third kappa shape index (κ3) is 4.19. The molecule has 6 heteroatoms. The second-order valence-electron chi connectivity index (χ2n) is 7.12. The monoisotopic (exact) mass is 334 g/mol. The first-order valence-corrected chi connectivity index (χ1v) is 8.48. The van der Waals surface area contributed by atoms with Gasteiger partial charge in [0, 0.05) is 37.4 Å². The van der Waals surface area contributed by atoms with Gasteiger partial charge in [-0.15, -0.1) is 0 Å². The molecule has 0 N–H and O–H groups in total. The second kappa shape index (κ2) is 6.99. The second-order valence-corrected chi connectivity index (χ2v) is 7.12.